The third-order valence-corrected chi connectivity index (χ3v) is 1.23. The van der Waals surface area contributed by atoms with Gasteiger partial charge in [0.05, 0.1) is 0 Å². The molecule has 0 aliphatic carbocycles. The van der Waals surface area contributed by atoms with Crippen LogP contribution >= 0.6 is 0 Å². The van der Waals surface area contributed by atoms with Crippen LogP contribution in [0.1, 0.15) is 0 Å². The van der Waals surface area contributed by atoms with E-state index in [0.29, 0.717) is 0 Å². The summed E-state index contributed by atoms with van der Waals surface area (Å²) in [6.07, 6.45) is 2.88. The Morgan fingerprint density at radius 3 is 2.80 bits per heavy atom. The first-order valence-electron chi connectivity index (χ1n) is 3.60. The van der Waals surface area contributed by atoms with Crippen molar-refractivity contribution >= 4 is 28.0 Å². The quantitative estimate of drug-likeness (QED) is 0.287. The summed E-state index contributed by atoms with van der Waals surface area (Å²) in [6.45, 7) is 5.94. The van der Waals surface area contributed by atoms with Crippen molar-refractivity contribution < 1.29 is 0 Å². The summed E-state index contributed by atoms with van der Waals surface area (Å²) in [5, 5.41) is 0. The predicted molar refractivity (Wildman–Crippen MR) is 52.8 cm³/mol. The van der Waals surface area contributed by atoms with Crippen LogP contribution in [0.5, 0.6) is 0 Å². The van der Waals surface area contributed by atoms with E-state index < -0.39 is 0 Å². The van der Waals surface area contributed by atoms with Gasteiger partial charge in [-0.25, -0.2) is 0 Å². The van der Waals surface area contributed by atoms with Gasteiger partial charge in [0.25, 0.3) is 0 Å². The van der Waals surface area contributed by atoms with Gasteiger partial charge in [-0.05, 0) is 0 Å². The minimum atomic E-state index is 0.878. The Morgan fingerprint density at radius 2 is 2.30 bits per heavy atom. The molecular weight excluding hydrogens is 117 g/mol. The third-order valence-electron chi connectivity index (χ3n) is 1.23. The topological polar surface area (TPSA) is 0 Å². The number of allylic oxidation sites excluding steroid dienone is 1. The van der Waals surface area contributed by atoms with Gasteiger partial charge >= 0.3 is 65.9 Å². The van der Waals surface area contributed by atoms with Crippen molar-refractivity contribution in [3.05, 3.63) is 12.2 Å². The monoisotopic (exact) mass is 129 g/mol. The molecule has 0 bridgehead atoms. The van der Waals surface area contributed by atoms with Gasteiger partial charge in [0.2, 0.25) is 0 Å². The molecule has 0 unspecified atom stereocenters. The summed E-state index contributed by atoms with van der Waals surface area (Å²) in [5.74, 6) is 1.66. The van der Waals surface area contributed by atoms with Crippen LogP contribution in [0.25, 0.3) is 0 Å². The van der Waals surface area contributed by atoms with E-state index in [1.807, 2.05) is 6.82 Å². The Balaban J connectivity index is 3.13. The maximum absolute atomic E-state index is 5.19. The van der Waals surface area contributed by atoms with Crippen molar-refractivity contribution in [2.24, 2.45) is 0 Å². The van der Waals surface area contributed by atoms with Crippen molar-refractivity contribution in [3.8, 4) is 0 Å². The van der Waals surface area contributed by atoms with Crippen LogP contribution in [0.4, 0.5) is 0 Å². The standard InChI is InChI=1S/C7H12B3/c1-7(5-9-2)6-10-4-3-8/h3H,1,4-6H2,2H3. The van der Waals surface area contributed by atoms with Crippen molar-refractivity contribution in [1.29, 1.82) is 0 Å². The molecule has 0 rings (SSSR count). The molecular formula is C7H12B3. The molecule has 0 saturated heterocycles. The van der Waals surface area contributed by atoms with Gasteiger partial charge in [-0.3, -0.25) is 0 Å². The fraction of sp³-hybridized carbons (Fsp3) is 0.571. The Morgan fingerprint density at radius 1 is 1.60 bits per heavy atom. The van der Waals surface area contributed by atoms with E-state index in [9.17, 15) is 0 Å². The summed E-state index contributed by atoms with van der Waals surface area (Å²) >= 11 is 0. The minimum absolute atomic E-state index is 0.878. The summed E-state index contributed by atoms with van der Waals surface area (Å²) < 4.78 is 0. The Bertz CT molecular complexity index is 109. The molecule has 0 aromatic heterocycles. The molecule has 0 N–H and O–H groups in total. The first-order valence-corrected chi connectivity index (χ1v) is 3.60. The molecule has 0 aromatic carbocycles. The first kappa shape index (κ1) is 9.80. The summed E-state index contributed by atoms with van der Waals surface area (Å²) in [4.78, 5) is 0. The second-order valence-corrected chi connectivity index (χ2v) is 2.33. The van der Waals surface area contributed by atoms with Gasteiger partial charge < -0.3 is 0 Å². The second-order valence-electron chi connectivity index (χ2n) is 2.33. The summed E-state index contributed by atoms with van der Waals surface area (Å²) in [6, 6.07) is 0. The van der Waals surface area contributed by atoms with Crippen LogP contribution in [0, 0.1) is 0 Å². The molecule has 0 fully saturated rings. The van der Waals surface area contributed by atoms with Gasteiger partial charge in [0.15, 0.2) is 0 Å². The van der Waals surface area contributed by atoms with E-state index in [1.54, 1.807) is 5.97 Å². The summed E-state index contributed by atoms with van der Waals surface area (Å²) in [5.41, 5.74) is 1.25. The average Bonchev–Trinajstić information content (AvgIpc) is 1.89. The Hall–Kier alpha value is -0.195. The number of hydrogen-bond acceptors (Lipinski definition) is 0. The zero-order valence-electron chi connectivity index (χ0n) is 6.64. The molecule has 0 nitrogen and oxygen atoms in total. The van der Waals surface area contributed by atoms with Crippen molar-refractivity contribution in [2.75, 3.05) is 0 Å². The van der Waals surface area contributed by atoms with E-state index >= 15 is 0 Å². The molecule has 0 saturated carbocycles. The molecule has 0 spiro atoms. The molecule has 0 aromatic rings. The van der Waals surface area contributed by atoms with Crippen molar-refractivity contribution in [3.63, 3.8) is 0 Å². The molecule has 0 atom stereocenters. The summed E-state index contributed by atoms with van der Waals surface area (Å²) in [7, 11) is 9.44. The first-order chi connectivity index (χ1) is 4.81. The SMILES string of the molecule is [B]=CC[B]CC(=C)C[B]C. The fourth-order valence-corrected chi connectivity index (χ4v) is 0.756. The molecule has 0 aliphatic heterocycles. The molecule has 10 heavy (non-hydrogen) atoms. The van der Waals surface area contributed by atoms with E-state index in [1.165, 1.54) is 5.57 Å². The van der Waals surface area contributed by atoms with Gasteiger partial charge in [0, 0.05) is 0 Å². The predicted octanol–water partition coefficient (Wildman–Crippen LogP) is 1.22. The zero-order chi connectivity index (χ0) is 7.82. The van der Waals surface area contributed by atoms with Crippen LogP contribution in [0.3, 0.4) is 0 Å². The van der Waals surface area contributed by atoms with E-state index in [4.69, 9.17) is 7.49 Å². The maximum atomic E-state index is 5.19. The van der Waals surface area contributed by atoms with Crippen LogP contribution in [0.2, 0.25) is 25.8 Å². The second kappa shape index (κ2) is 6.92. The van der Waals surface area contributed by atoms with Crippen LogP contribution in [0.15, 0.2) is 12.2 Å². The van der Waals surface area contributed by atoms with Crippen LogP contribution in [-0.4, -0.2) is 28.0 Å². The van der Waals surface area contributed by atoms with Gasteiger partial charge in [-0.1, -0.05) is 0 Å². The molecule has 3 radical (unpaired) electrons. The van der Waals surface area contributed by atoms with Gasteiger partial charge in [-0.15, -0.1) is 0 Å². The molecule has 3 heteroatoms. The molecule has 0 aliphatic rings. The van der Waals surface area contributed by atoms with E-state index in [0.717, 1.165) is 19.0 Å². The fourth-order valence-electron chi connectivity index (χ4n) is 0.756. The zero-order valence-corrected chi connectivity index (χ0v) is 6.64. The Labute approximate surface area is 66.7 Å². The molecule has 0 heterocycles. The average molecular weight is 129 g/mol. The molecule has 0 amide bonds. The number of rotatable bonds is 6. The normalized spacial score (nSPS) is 8.40. The number of hydrogen-bond donors (Lipinski definition) is 0. The van der Waals surface area contributed by atoms with E-state index in [2.05, 4.69) is 21.1 Å². The van der Waals surface area contributed by atoms with Crippen molar-refractivity contribution in [2.45, 2.75) is 25.8 Å². The Kier molecular flexibility index (Phi) is 6.78. The third kappa shape index (κ3) is 5.93. The van der Waals surface area contributed by atoms with Crippen LogP contribution < -0.4 is 0 Å². The van der Waals surface area contributed by atoms with Crippen LogP contribution in [-0.2, 0) is 0 Å². The molecule has 49 valence electrons. The van der Waals surface area contributed by atoms with E-state index in [-0.39, 0.29) is 0 Å². The van der Waals surface area contributed by atoms with Gasteiger partial charge in [0.1, 0.15) is 0 Å². The van der Waals surface area contributed by atoms with Crippen molar-refractivity contribution in [1.82, 2.24) is 0 Å². The van der Waals surface area contributed by atoms with Gasteiger partial charge in [-0.2, -0.15) is 0 Å².